The molecule has 0 saturated heterocycles. The molecule has 192 valence electrons. The second-order valence-corrected chi connectivity index (χ2v) is 7.98. The Kier molecular flexibility index (Phi) is 6.96. The van der Waals surface area contributed by atoms with Crippen LogP contribution in [-0.2, 0) is 6.18 Å². The SMILES string of the molecule is CNc1cc(-n2nc(C)cc2Nc2cc(NC(=O)c3cc(OC)nc(C(F)(F)F)c3)ccc2C)ncn1. The number of methoxy groups -OCH3 is 1. The first-order chi connectivity index (χ1) is 17.6. The fraction of sp³-hybridized carbons (Fsp3) is 0.208. The van der Waals surface area contributed by atoms with E-state index in [-0.39, 0.29) is 11.4 Å². The maximum atomic E-state index is 13.2. The molecule has 4 rings (SSSR count). The zero-order valence-electron chi connectivity index (χ0n) is 20.3. The number of aryl methyl sites for hydroxylation is 2. The van der Waals surface area contributed by atoms with Gasteiger partial charge in [0.15, 0.2) is 5.82 Å². The molecule has 13 heteroatoms. The van der Waals surface area contributed by atoms with Gasteiger partial charge in [-0.15, -0.1) is 0 Å². The largest absolute Gasteiger partial charge is 0.481 e. The number of anilines is 4. The zero-order chi connectivity index (χ0) is 26.7. The first kappa shape index (κ1) is 25.4. The molecule has 37 heavy (non-hydrogen) atoms. The lowest BCUT2D eigenvalue weighted by molar-refractivity contribution is -0.141. The summed E-state index contributed by atoms with van der Waals surface area (Å²) in [6, 6.07) is 10.5. The molecule has 1 amide bonds. The van der Waals surface area contributed by atoms with Gasteiger partial charge in [-0.2, -0.15) is 23.0 Å². The first-order valence-electron chi connectivity index (χ1n) is 11.0. The Labute approximate surface area is 209 Å². The van der Waals surface area contributed by atoms with Crippen LogP contribution in [0.1, 0.15) is 27.3 Å². The van der Waals surface area contributed by atoms with Gasteiger partial charge in [-0.3, -0.25) is 4.79 Å². The molecule has 1 aromatic carbocycles. The second kappa shape index (κ2) is 10.1. The van der Waals surface area contributed by atoms with E-state index in [0.29, 0.717) is 34.9 Å². The highest BCUT2D eigenvalue weighted by Gasteiger charge is 2.34. The number of nitrogens with zero attached hydrogens (tertiary/aromatic N) is 5. The molecule has 0 bridgehead atoms. The molecule has 0 atom stereocenters. The number of benzene rings is 1. The van der Waals surface area contributed by atoms with Crippen molar-refractivity contribution in [2.45, 2.75) is 20.0 Å². The van der Waals surface area contributed by atoms with Crippen LogP contribution in [0, 0.1) is 13.8 Å². The van der Waals surface area contributed by atoms with Crippen LogP contribution in [0.2, 0.25) is 0 Å². The topological polar surface area (TPSA) is 119 Å². The monoisotopic (exact) mass is 512 g/mol. The highest BCUT2D eigenvalue weighted by molar-refractivity contribution is 6.04. The van der Waals surface area contributed by atoms with Crippen LogP contribution in [-0.4, -0.2) is 44.8 Å². The lowest BCUT2D eigenvalue weighted by Gasteiger charge is -2.14. The number of pyridine rings is 1. The summed E-state index contributed by atoms with van der Waals surface area (Å²) in [4.78, 5) is 24.6. The van der Waals surface area contributed by atoms with Crippen molar-refractivity contribution < 1.29 is 22.7 Å². The molecule has 0 aliphatic rings. The van der Waals surface area contributed by atoms with Crippen LogP contribution in [0.15, 0.2) is 48.8 Å². The van der Waals surface area contributed by atoms with Crippen LogP contribution in [0.25, 0.3) is 5.82 Å². The van der Waals surface area contributed by atoms with E-state index in [9.17, 15) is 18.0 Å². The van der Waals surface area contributed by atoms with Crippen molar-refractivity contribution in [1.82, 2.24) is 24.7 Å². The Morgan fingerprint density at radius 2 is 1.84 bits per heavy atom. The van der Waals surface area contributed by atoms with Gasteiger partial charge in [0.2, 0.25) is 5.88 Å². The molecule has 0 aliphatic heterocycles. The number of nitrogens with one attached hydrogen (secondary N) is 3. The van der Waals surface area contributed by atoms with Gasteiger partial charge in [-0.25, -0.2) is 15.0 Å². The zero-order valence-corrected chi connectivity index (χ0v) is 20.3. The number of ether oxygens (including phenoxy) is 1. The van der Waals surface area contributed by atoms with Crippen LogP contribution in [0.3, 0.4) is 0 Å². The van der Waals surface area contributed by atoms with Crippen molar-refractivity contribution in [3.63, 3.8) is 0 Å². The third kappa shape index (κ3) is 5.77. The standard InChI is InChI=1S/C24H23F3N8O2/c1-13-5-6-16(31-23(36)15-8-18(24(25,26)27)33-22(9-15)37-4)10-17(13)32-21-7-14(2)34-35(21)20-11-19(28-3)29-12-30-20/h5-12,32H,1-4H3,(H,31,36)(H,28,29,30). The smallest absolute Gasteiger partial charge is 0.433 e. The van der Waals surface area contributed by atoms with Gasteiger partial charge >= 0.3 is 6.18 Å². The van der Waals surface area contributed by atoms with E-state index in [0.717, 1.165) is 17.3 Å². The fourth-order valence-corrected chi connectivity index (χ4v) is 3.42. The summed E-state index contributed by atoms with van der Waals surface area (Å²) >= 11 is 0. The molecule has 3 aromatic heterocycles. The minimum atomic E-state index is -4.73. The summed E-state index contributed by atoms with van der Waals surface area (Å²) in [5.41, 5.74) is 1.13. The summed E-state index contributed by atoms with van der Waals surface area (Å²) in [7, 11) is 2.92. The van der Waals surface area contributed by atoms with E-state index in [1.807, 2.05) is 19.9 Å². The first-order valence-corrected chi connectivity index (χ1v) is 11.0. The summed E-state index contributed by atoms with van der Waals surface area (Å²) in [6.45, 7) is 3.71. The van der Waals surface area contributed by atoms with E-state index in [4.69, 9.17) is 4.74 Å². The van der Waals surface area contributed by atoms with Gasteiger partial charge in [-0.1, -0.05) is 6.07 Å². The lowest BCUT2D eigenvalue weighted by atomic mass is 10.1. The van der Waals surface area contributed by atoms with Crippen molar-refractivity contribution in [3.8, 4) is 11.7 Å². The Morgan fingerprint density at radius 1 is 1.05 bits per heavy atom. The quantitative estimate of drug-likeness (QED) is 0.325. The molecular weight excluding hydrogens is 489 g/mol. The second-order valence-electron chi connectivity index (χ2n) is 7.98. The third-order valence-corrected chi connectivity index (χ3v) is 5.28. The van der Waals surface area contributed by atoms with Crippen LogP contribution < -0.4 is 20.7 Å². The van der Waals surface area contributed by atoms with Gasteiger partial charge in [0.25, 0.3) is 5.91 Å². The van der Waals surface area contributed by atoms with Crippen molar-refractivity contribution in [2.24, 2.45) is 0 Å². The Bertz CT molecular complexity index is 1450. The molecule has 10 nitrogen and oxygen atoms in total. The summed E-state index contributed by atoms with van der Waals surface area (Å²) < 4.78 is 46.1. The predicted octanol–water partition coefficient (Wildman–Crippen LogP) is 4.74. The van der Waals surface area contributed by atoms with Crippen molar-refractivity contribution in [1.29, 1.82) is 0 Å². The van der Waals surface area contributed by atoms with Crippen LogP contribution in [0.4, 0.5) is 36.2 Å². The summed E-state index contributed by atoms with van der Waals surface area (Å²) in [5.74, 6) is 0.692. The highest BCUT2D eigenvalue weighted by Crippen LogP contribution is 2.31. The number of halogens is 3. The van der Waals surface area contributed by atoms with Gasteiger partial charge in [0.05, 0.1) is 12.8 Å². The van der Waals surface area contributed by atoms with E-state index in [1.165, 1.54) is 13.4 Å². The number of hydrogen-bond acceptors (Lipinski definition) is 8. The molecule has 0 spiro atoms. The van der Waals surface area contributed by atoms with Crippen molar-refractivity contribution in [3.05, 3.63) is 71.3 Å². The molecule has 0 radical (unpaired) electrons. The minimum absolute atomic E-state index is 0.243. The van der Waals surface area contributed by atoms with E-state index < -0.39 is 17.8 Å². The molecule has 0 aliphatic carbocycles. The van der Waals surface area contributed by atoms with Gasteiger partial charge in [-0.05, 0) is 37.6 Å². The predicted molar refractivity (Wildman–Crippen MR) is 132 cm³/mol. The molecular formula is C24H23F3N8O2. The molecule has 0 unspecified atom stereocenters. The van der Waals surface area contributed by atoms with Gasteiger partial charge in [0.1, 0.15) is 23.7 Å². The molecule has 0 fully saturated rings. The van der Waals surface area contributed by atoms with Gasteiger partial charge < -0.3 is 20.7 Å². The summed E-state index contributed by atoms with van der Waals surface area (Å²) in [5, 5.41) is 13.4. The van der Waals surface area contributed by atoms with E-state index in [1.54, 1.807) is 36.0 Å². The number of hydrogen-bond donors (Lipinski definition) is 3. The van der Waals surface area contributed by atoms with Crippen LogP contribution in [0.5, 0.6) is 5.88 Å². The fourth-order valence-electron chi connectivity index (χ4n) is 3.42. The average Bonchev–Trinajstić information content (AvgIpc) is 3.25. The highest BCUT2D eigenvalue weighted by atomic mass is 19.4. The number of alkyl halides is 3. The maximum absolute atomic E-state index is 13.2. The lowest BCUT2D eigenvalue weighted by Crippen LogP contribution is -2.16. The normalized spacial score (nSPS) is 11.2. The summed E-state index contributed by atoms with van der Waals surface area (Å²) in [6.07, 6.45) is -3.31. The Morgan fingerprint density at radius 3 is 2.54 bits per heavy atom. The maximum Gasteiger partial charge on any atom is 0.433 e. The van der Waals surface area contributed by atoms with E-state index >= 15 is 0 Å². The number of aromatic nitrogens is 5. The Balaban J connectivity index is 1.61. The average molecular weight is 512 g/mol. The number of amides is 1. The molecule has 3 N–H and O–H groups in total. The Hall–Kier alpha value is -4.68. The van der Waals surface area contributed by atoms with E-state index in [2.05, 4.69) is 36.0 Å². The number of carbonyl (C=O) groups is 1. The number of carbonyl (C=O) groups excluding carboxylic acids is 1. The van der Waals surface area contributed by atoms with Gasteiger partial charge in [0, 0.05) is 42.2 Å². The minimum Gasteiger partial charge on any atom is -0.481 e. The number of rotatable bonds is 7. The van der Waals surface area contributed by atoms with Crippen molar-refractivity contribution in [2.75, 3.05) is 30.1 Å². The molecule has 4 aromatic rings. The van der Waals surface area contributed by atoms with Crippen LogP contribution >= 0.6 is 0 Å². The van der Waals surface area contributed by atoms with Crippen molar-refractivity contribution >= 4 is 28.9 Å². The molecule has 0 saturated carbocycles. The molecule has 3 heterocycles. The third-order valence-electron chi connectivity index (χ3n) is 5.28.